The van der Waals surface area contributed by atoms with Crippen molar-refractivity contribution in [3.05, 3.63) is 11.8 Å². The Morgan fingerprint density at radius 1 is 1.14 bits per heavy atom. The molecule has 156 valence electrons. The zero-order valence-electron chi connectivity index (χ0n) is 18.6. The number of fused-ring (bicyclic) bond motifs is 3. The van der Waals surface area contributed by atoms with Crippen molar-refractivity contribution in [2.75, 3.05) is 13.1 Å². The molecule has 3 heteroatoms. The molecule has 0 bridgehead atoms. The van der Waals surface area contributed by atoms with Gasteiger partial charge in [0.25, 0.3) is 0 Å². The summed E-state index contributed by atoms with van der Waals surface area (Å²) in [7, 11) is 0. The van der Waals surface area contributed by atoms with E-state index in [0.717, 1.165) is 47.6 Å². The van der Waals surface area contributed by atoms with Crippen molar-refractivity contribution in [2.45, 2.75) is 79.1 Å². The van der Waals surface area contributed by atoms with Crippen LogP contribution in [0.2, 0.25) is 0 Å². The average molecular weight is 384 g/mol. The molecule has 0 aromatic carbocycles. The Morgan fingerprint density at radius 3 is 2.68 bits per heavy atom. The molecule has 8 atom stereocenters. The summed E-state index contributed by atoms with van der Waals surface area (Å²) in [6, 6.07) is 2.30. The van der Waals surface area contributed by atoms with Gasteiger partial charge in [-0.05, 0) is 78.9 Å². The van der Waals surface area contributed by atoms with Crippen molar-refractivity contribution in [1.82, 2.24) is 10.4 Å². The molecule has 1 aliphatic heterocycles. The molecule has 3 saturated carbocycles. The number of hydrazine groups is 1. The van der Waals surface area contributed by atoms with E-state index < -0.39 is 0 Å². The fraction of sp³-hybridized carbons (Fsp3) is 0.880. The first-order chi connectivity index (χ1) is 13.4. The molecular formula is C25H41N3. The molecule has 1 heterocycles. The van der Waals surface area contributed by atoms with E-state index in [1.54, 1.807) is 0 Å². The highest BCUT2D eigenvalue weighted by atomic mass is 15.5. The maximum atomic E-state index is 9.13. The molecule has 0 radical (unpaired) electrons. The van der Waals surface area contributed by atoms with Crippen molar-refractivity contribution < 1.29 is 0 Å². The molecule has 3 fully saturated rings. The van der Waals surface area contributed by atoms with Gasteiger partial charge in [-0.25, -0.2) is 5.43 Å². The molecule has 5 unspecified atom stereocenters. The van der Waals surface area contributed by atoms with Crippen LogP contribution in [0.25, 0.3) is 0 Å². The molecule has 4 rings (SSSR count). The van der Waals surface area contributed by atoms with E-state index in [1.165, 1.54) is 51.4 Å². The van der Waals surface area contributed by atoms with Gasteiger partial charge < -0.3 is 5.01 Å². The van der Waals surface area contributed by atoms with Crippen LogP contribution in [0.1, 0.15) is 79.1 Å². The summed E-state index contributed by atoms with van der Waals surface area (Å²) in [6.07, 6.45) is 13.7. The molecule has 0 amide bonds. The fourth-order valence-electron chi connectivity index (χ4n) is 7.89. The van der Waals surface area contributed by atoms with Crippen molar-refractivity contribution in [3.8, 4) is 6.07 Å². The Hall–Kier alpha value is -1.01. The third-order valence-electron chi connectivity index (χ3n) is 9.50. The van der Waals surface area contributed by atoms with E-state index in [9.17, 15) is 0 Å². The summed E-state index contributed by atoms with van der Waals surface area (Å²) >= 11 is 0. The van der Waals surface area contributed by atoms with E-state index in [1.807, 2.05) is 6.20 Å². The van der Waals surface area contributed by atoms with Crippen LogP contribution in [0, 0.1) is 58.2 Å². The molecule has 0 saturated heterocycles. The smallest absolute Gasteiger partial charge is 0.0977 e. The van der Waals surface area contributed by atoms with Gasteiger partial charge in [0.2, 0.25) is 0 Å². The van der Waals surface area contributed by atoms with Crippen LogP contribution in [-0.2, 0) is 0 Å². The molecule has 0 aromatic rings. The SMILES string of the molecule is CC1CCC(C)C2CC[C@@]3(C)C(CC[C@@H]3[C@@H](C)CN3C=C(C#N)CN3)C2CC1. The number of hydrogen-bond donors (Lipinski definition) is 1. The minimum Gasteiger partial charge on any atom is -0.314 e. The first-order valence-corrected chi connectivity index (χ1v) is 12.0. The molecule has 3 nitrogen and oxygen atoms in total. The summed E-state index contributed by atoms with van der Waals surface area (Å²) < 4.78 is 0. The Kier molecular flexibility index (Phi) is 5.81. The van der Waals surface area contributed by atoms with E-state index in [-0.39, 0.29) is 0 Å². The van der Waals surface area contributed by atoms with Crippen LogP contribution in [0.3, 0.4) is 0 Å². The van der Waals surface area contributed by atoms with Crippen molar-refractivity contribution in [3.63, 3.8) is 0 Å². The van der Waals surface area contributed by atoms with Crippen molar-refractivity contribution >= 4 is 0 Å². The lowest BCUT2D eigenvalue weighted by molar-refractivity contribution is -0.0339. The quantitative estimate of drug-likeness (QED) is 0.674. The summed E-state index contributed by atoms with van der Waals surface area (Å²) in [5, 5.41) is 11.3. The Morgan fingerprint density at radius 2 is 1.93 bits per heavy atom. The lowest BCUT2D eigenvalue weighted by Crippen LogP contribution is -2.46. The predicted octanol–water partition coefficient (Wildman–Crippen LogP) is 5.76. The van der Waals surface area contributed by atoms with Gasteiger partial charge in [0.1, 0.15) is 0 Å². The average Bonchev–Trinajstić information content (AvgIpc) is 3.26. The third kappa shape index (κ3) is 3.62. The molecule has 0 aromatic heterocycles. The van der Waals surface area contributed by atoms with Gasteiger partial charge in [-0.2, -0.15) is 5.26 Å². The van der Waals surface area contributed by atoms with Crippen molar-refractivity contribution in [2.24, 2.45) is 46.8 Å². The molecule has 28 heavy (non-hydrogen) atoms. The topological polar surface area (TPSA) is 39.1 Å². The van der Waals surface area contributed by atoms with Gasteiger partial charge in [0, 0.05) is 12.7 Å². The predicted molar refractivity (Wildman–Crippen MR) is 115 cm³/mol. The molecular weight excluding hydrogens is 342 g/mol. The largest absolute Gasteiger partial charge is 0.314 e. The lowest BCUT2D eigenvalue weighted by Gasteiger charge is -2.52. The lowest BCUT2D eigenvalue weighted by atomic mass is 9.53. The highest BCUT2D eigenvalue weighted by Crippen LogP contribution is 2.63. The summed E-state index contributed by atoms with van der Waals surface area (Å²) in [5.74, 6) is 6.27. The number of nitriles is 1. The first-order valence-electron chi connectivity index (χ1n) is 12.0. The molecule has 3 aliphatic carbocycles. The number of hydrogen-bond acceptors (Lipinski definition) is 3. The second kappa shape index (κ2) is 8.02. The monoisotopic (exact) mass is 383 g/mol. The maximum absolute atomic E-state index is 9.13. The van der Waals surface area contributed by atoms with E-state index in [4.69, 9.17) is 5.26 Å². The van der Waals surface area contributed by atoms with Crippen LogP contribution in [0.5, 0.6) is 0 Å². The Bertz CT molecular complexity index is 634. The van der Waals surface area contributed by atoms with Crippen molar-refractivity contribution in [1.29, 1.82) is 5.26 Å². The highest BCUT2D eigenvalue weighted by Gasteiger charge is 2.55. The second-order valence-corrected chi connectivity index (χ2v) is 11.1. The first kappa shape index (κ1) is 20.3. The minimum absolute atomic E-state index is 0.532. The van der Waals surface area contributed by atoms with Gasteiger partial charge in [0.05, 0.1) is 18.2 Å². The van der Waals surface area contributed by atoms with Crippen LogP contribution < -0.4 is 5.43 Å². The zero-order chi connectivity index (χ0) is 19.9. The standard InChI is InChI=1S/C25H41N3/c1-17-5-7-18(2)21-11-12-25(4)23(9-10-24(25)22(21)8-6-17)19(3)15-28-16-20(13-26)14-27-28/h16-19,21-24,27H,5-12,14-15H2,1-4H3/t17?,18?,19-,21?,22?,23+,24?,25+/m0/s1. The Balaban J connectivity index is 1.47. The summed E-state index contributed by atoms with van der Waals surface area (Å²) in [6.45, 7) is 11.9. The minimum atomic E-state index is 0.532. The van der Waals surface area contributed by atoms with E-state index in [2.05, 4.69) is 44.2 Å². The van der Waals surface area contributed by atoms with Crippen LogP contribution >= 0.6 is 0 Å². The van der Waals surface area contributed by atoms with Gasteiger partial charge >= 0.3 is 0 Å². The summed E-state index contributed by atoms with van der Waals surface area (Å²) in [4.78, 5) is 0. The van der Waals surface area contributed by atoms with Crippen LogP contribution in [0.15, 0.2) is 11.8 Å². The maximum Gasteiger partial charge on any atom is 0.0977 e. The van der Waals surface area contributed by atoms with Gasteiger partial charge in [0.15, 0.2) is 0 Å². The van der Waals surface area contributed by atoms with Crippen LogP contribution in [-0.4, -0.2) is 18.1 Å². The normalized spacial score (nSPS) is 44.7. The molecule has 1 N–H and O–H groups in total. The van der Waals surface area contributed by atoms with Gasteiger partial charge in [-0.15, -0.1) is 0 Å². The number of nitrogens with one attached hydrogen (secondary N) is 1. The van der Waals surface area contributed by atoms with Gasteiger partial charge in [-0.3, -0.25) is 0 Å². The Labute approximate surface area is 172 Å². The van der Waals surface area contributed by atoms with E-state index in [0.29, 0.717) is 17.9 Å². The summed E-state index contributed by atoms with van der Waals surface area (Å²) in [5.41, 5.74) is 4.78. The molecule has 0 spiro atoms. The van der Waals surface area contributed by atoms with E-state index >= 15 is 0 Å². The highest BCUT2D eigenvalue weighted by molar-refractivity contribution is 5.24. The number of nitrogens with zero attached hydrogens (tertiary/aromatic N) is 2. The molecule has 4 aliphatic rings. The third-order valence-corrected chi connectivity index (χ3v) is 9.50. The second-order valence-electron chi connectivity index (χ2n) is 11.1. The zero-order valence-corrected chi connectivity index (χ0v) is 18.6. The number of rotatable bonds is 3. The van der Waals surface area contributed by atoms with Gasteiger partial charge in [-0.1, -0.05) is 47.0 Å². The fourth-order valence-corrected chi connectivity index (χ4v) is 7.89. The van der Waals surface area contributed by atoms with Crippen LogP contribution in [0.4, 0.5) is 0 Å².